The molecule has 3 aliphatic rings. The minimum absolute atomic E-state index is 0.0434. The number of carbonyl (C=O) groups excluding carboxylic acids is 3. The fraction of sp³-hybridized carbons (Fsp3) is 0.706. The van der Waals surface area contributed by atoms with Gasteiger partial charge in [-0.15, -0.1) is 12.3 Å². The fourth-order valence-corrected chi connectivity index (χ4v) is 9.44. The van der Waals surface area contributed by atoms with Crippen LogP contribution in [0.25, 0.3) is 0 Å². The second kappa shape index (κ2) is 26.6. The number of aliphatic hydroxyl groups is 4. The van der Waals surface area contributed by atoms with Crippen molar-refractivity contribution in [2.75, 3.05) is 14.2 Å². The molecule has 0 aromatic heterocycles. The van der Waals surface area contributed by atoms with Gasteiger partial charge in [0.25, 0.3) is 0 Å². The molecular weight excluding hydrogens is 867 g/mol. The summed E-state index contributed by atoms with van der Waals surface area (Å²) in [5.74, 6) is -4.45. The second-order valence-electron chi connectivity index (χ2n) is 18.7. The summed E-state index contributed by atoms with van der Waals surface area (Å²) in [5, 5.41) is 47.6. The molecule has 378 valence electrons. The Balaban J connectivity index is 2.02. The third-order valence-corrected chi connectivity index (χ3v) is 13.5. The summed E-state index contributed by atoms with van der Waals surface area (Å²) in [4.78, 5) is 38.5. The number of methoxy groups -OCH3 is 2. The first-order chi connectivity index (χ1) is 31.5. The zero-order chi connectivity index (χ0) is 50.3. The Hall–Kier alpha value is -4.05. The number of hydrogen-bond acceptors (Lipinski definition) is 15. The molecule has 1 amide bonds. The number of aliphatic hydroxyl groups excluding tert-OH is 3. The maximum atomic E-state index is 14.0. The van der Waals surface area contributed by atoms with Crippen molar-refractivity contribution in [3.63, 3.8) is 0 Å². The molecule has 0 radical (unpaired) electrons. The van der Waals surface area contributed by atoms with E-state index in [4.69, 9.17) is 50.1 Å². The molecule has 67 heavy (non-hydrogen) atoms. The lowest BCUT2D eigenvalue weighted by atomic mass is 9.77. The van der Waals surface area contributed by atoms with Crippen LogP contribution in [0.5, 0.6) is 0 Å². The van der Waals surface area contributed by atoms with Crippen molar-refractivity contribution in [1.82, 2.24) is 0 Å². The lowest BCUT2D eigenvalue weighted by molar-refractivity contribution is -0.339. The highest BCUT2D eigenvalue weighted by Gasteiger charge is 2.53. The number of cyclic esters (lactones) is 1. The molecule has 0 aliphatic carbocycles. The van der Waals surface area contributed by atoms with Crippen LogP contribution in [-0.4, -0.2) is 126 Å². The molecule has 16 nitrogen and oxygen atoms in total. The van der Waals surface area contributed by atoms with Gasteiger partial charge in [-0.25, -0.2) is 9.59 Å². The lowest BCUT2D eigenvalue weighted by Crippen LogP contribution is -2.59. The Morgan fingerprint density at radius 3 is 2.37 bits per heavy atom. The predicted octanol–water partition coefficient (Wildman–Crippen LogP) is 5.95. The number of terminal acetylenes is 1. The van der Waals surface area contributed by atoms with E-state index in [0.29, 0.717) is 18.4 Å². The SMILES string of the molecule is C#CCCC(=O)O[C@H]1C[C@@H](O[C@@H]2C[C@](O)([C@@H](C)[C@H](O)[C@H](C)[C@H]3OC(=O)/C(OC)=C/C(C)=C/[C@@H](C)[C@@H](O)[C@@H](CC)[C@@H](O)[C@H](C)C/C(C)=C/C=C/[C@@H]3OC)O[C@H](/C=C/C)[C@H]2C)O[C@@H](C)[C@@H]1OC(N)=O. The number of ether oxygens (including phenoxy) is 8. The van der Waals surface area contributed by atoms with E-state index in [1.165, 1.54) is 20.3 Å². The lowest BCUT2D eigenvalue weighted by Gasteiger charge is -2.50. The largest absolute Gasteiger partial charge is 0.490 e. The third-order valence-electron chi connectivity index (χ3n) is 13.5. The van der Waals surface area contributed by atoms with Crippen molar-refractivity contribution in [3.05, 3.63) is 59.4 Å². The van der Waals surface area contributed by atoms with E-state index in [0.717, 1.165) is 5.57 Å². The number of hydrogen-bond donors (Lipinski definition) is 5. The summed E-state index contributed by atoms with van der Waals surface area (Å²) in [6.07, 6.45) is 7.16. The molecule has 0 saturated carbocycles. The van der Waals surface area contributed by atoms with E-state index in [1.54, 1.807) is 52.0 Å². The molecule has 0 aromatic rings. The van der Waals surface area contributed by atoms with Crippen LogP contribution in [-0.2, 0) is 47.5 Å². The van der Waals surface area contributed by atoms with E-state index in [9.17, 15) is 34.8 Å². The van der Waals surface area contributed by atoms with Gasteiger partial charge in [0.15, 0.2) is 18.2 Å². The van der Waals surface area contributed by atoms with Crippen molar-refractivity contribution in [2.45, 2.75) is 181 Å². The zero-order valence-corrected chi connectivity index (χ0v) is 41.5. The maximum absolute atomic E-state index is 14.0. The number of carbonyl (C=O) groups is 3. The number of esters is 2. The van der Waals surface area contributed by atoms with Gasteiger partial charge in [0, 0.05) is 56.0 Å². The van der Waals surface area contributed by atoms with Crippen molar-refractivity contribution in [3.8, 4) is 12.3 Å². The minimum Gasteiger partial charge on any atom is -0.490 e. The highest BCUT2D eigenvalue weighted by molar-refractivity contribution is 5.87. The van der Waals surface area contributed by atoms with Crippen LogP contribution in [0, 0.1) is 47.9 Å². The molecule has 0 aromatic carbocycles. The molecule has 0 bridgehead atoms. The standard InChI is InChI=1S/C51H79NO15/c1-14-17-22-42(53)63-39-26-43(62-35(11)48(39)66-50(52)58)64-41-27-51(59,67-37(19-15-2)32(41)8)34(10)46(56)33(9)47-38(60-12)21-18-20-28(4)23-30(6)44(54)36(16-3)45(55)31(7)24-29(5)25-40(61-13)49(57)65-47/h1,15,18-21,24-25,30-39,41,43-48,54-56,59H,16-17,22-23,26-27H2,2-13H3,(H2,52,58)/b19-15+,21-18+,28-20+,29-24+,40-25-/t30-,31-,32-,33+,34+,35+,36+,37-,38+,39+,41-,43-,44+,45-,46-,47-,48+,51-/m1/s1. The average molecular weight is 946 g/mol. The highest BCUT2D eigenvalue weighted by Crippen LogP contribution is 2.43. The van der Waals surface area contributed by atoms with Crippen LogP contribution in [0.1, 0.15) is 108 Å². The molecular formula is C51H79NO15. The number of primary amides is 1. The number of nitrogens with two attached hydrogens (primary N) is 1. The molecule has 18 atom stereocenters. The van der Waals surface area contributed by atoms with Gasteiger partial charge >= 0.3 is 18.0 Å². The Morgan fingerprint density at radius 1 is 1.09 bits per heavy atom. The Bertz CT molecular complexity index is 1820. The zero-order valence-electron chi connectivity index (χ0n) is 41.5. The first-order valence-electron chi connectivity index (χ1n) is 23.5. The van der Waals surface area contributed by atoms with E-state index in [2.05, 4.69) is 5.92 Å². The van der Waals surface area contributed by atoms with Gasteiger partial charge in [0.2, 0.25) is 5.76 Å². The molecule has 0 unspecified atom stereocenters. The van der Waals surface area contributed by atoms with Crippen molar-refractivity contribution >= 4 is 18.0 Å². The molecule has 2 fully saturated rings. The van der Waals surface area contributed by atoms with Crippen LogP contribution in [0.15, 0.2) is 59.4 Å². The number of amides is 1. The number of rotatable bonds is 14. The van der Waals surface area contributed by atoms with Gasteiger partial charge in [-0.1, -0.05) is 89.1 Å². The summed E-state index contributed by atoms with van der Waals surface area (Å²) in [5.41, 5.74) is 6.91. The topological polar surface area (TPSA) is 232 Å². The van der Waals surface area contributed by atoms with Gasteiger partial charge in [-0.05, 0) is 52.5 Å². The summed E-state index contributed by atoms with van der Waals surface area (Å²) in [7, 11) is 2.79. The van der Waals surface area contributed by atoms with Gasteiger partial charge in [0.1, 0.15) is 18.3 Å². The first kappa shape index (κ1) is 57.3. The van der Waals surface area contributed by atoms with Gasteiger partial charge in [-0.3, -0.25) is 4.79 Å². The summed E-state index contributed by atoms with van der Waals surface area (Å²) >= 11 is 0. The monoisotopic (exact) mass is 946 g/mol. The van der Waals surface area contributed by atoms with Crippen LogP contribution < -0.4 is 5.73 Å². The Kier molecular flexibility index (Phi) is 22.8. The molecule has 0 spiro atoms. The normalized spacial score (nSPS) is 39.2. The van der Waals surface area contributed by atoms with Crippen molar-refractivity contribution in [2.24, 2.45) is 41.2 Å². The van der Waals surface area contributed by atoms with Crippen molar-refractivity contribution in [1.29, 1.82) is 0 Å². The fourth-order valence-electron chi connectivity index (χ4n) is 9.44. The van der Waals surface area contributed by atoms with E-state index in [1.807, 2.05) is 53.7 Å². The molecule has 3 aliphatic heterocycles. The quantitative estimate of drug-likeness (QED) is 0.0587. The predicted molar refractivity (Wildman–Crippen MR) is 250 cm³/mol. The number of allylic oxidation sites excluding steroid dienone is 6. The Labute approximate surface area is 397 Å². The Morgan fingerprint density at radius 2 is 1.78 bits per heavy atom. The molecule has 6 N–H and O–H groups in total. The van der Waals surface area contributed by atoms with Gasteiger partial charge in [0.05, 0.1) is 50.2 Å². The smallest absolute Gasteiger partial charge is 0.404 e. The molecule has 2 saturated heterocycles. The van der Waals surface area contributed by atoms with E-state index < -0.39 is 103 Å². The first-order valence-corrected chi connectivity index (χ1v) is 23.5. The maximum Gasteiger partial charge on any atom is 0.404 e. The second-order valence-corrected chi connectivity index (χ2v) is 18.7. The molecule has 3 rings (SSSR count). The minimum atomic E-state index is -2.02. The summed E-state index contributed by atoms with van der Waals surface area (Å²) < 4.78 is 47.8. The van der Waals surface area contributed by atoms with Crippen LogP contribution in [0.3, 0.4) is 0 Å². The van der Waals surface area contributed by atoms with Crippen LogP contribution >= 0.6 is 0 Å². The summed E-state index contributed by atoms with van der Waals surface area (Å²) in [6.45, 7) is 18.1. The van der Waals surface area contributed by atoms with E-state index in [-0.39, 0.29) is 55.1 Å². The molecule has 3 heterocycles. The van der Waals surface area contributed by atoms with Crippen LogP contribution in [0.4, 0.5) is 4.79 Å². The van der Waals surface area contributed by atoms with Crippen molar-refractivity contribution < 1.29 is 72.7 Å². The van der Waals surface area contributed by atoms with Crippen LogP contribution in [0.2, 0.25) is 0 Å². The van der Waals surface area contributed by atoms with Gasteiger partial charge in [-0.2, -0.15) is 0 Å². The highest BCUT2D eigenvalue weighted by atomic mass is 16.7. The molecule has 16 heteroatoms. The average Bonchev–Trinajstić information content (AvgIpc) is 3.27. The summed E-state index contributed by atoms with van der Waals surface area (Å²) in [6, 6.07) is 0. The van der Waals surface area contributed by atoms with E-state index >= 15 is 0 Å². The third kappa shape index (κ3) is 15.7. The van der Waals surface area contributed by atoms with Gasteiger partial charge < -0.3 is 64.1 Å².